The van der Waals surface area contributed by atoms with Crippen LogP contribution in [0.15, 0.2) is 24.3 Å². The molecule has 0 N–H and O–H groups in total. The van der Waals surface area contributed by atoms with E-state index >= 15 is 0 Å². The van der Waals surface area contributed by atoms with E-state index in [1.54, 1.807) is 0 Å². The minimum Gasteiger partial charge on any atom is -0.370 e. The summed E-state index contributed by atoms with van der Waals surface area (Å²) in [5.41, 5.74) is 2.01. The maximum Gasteiger partial charge on any atom is 0.169 e. The van der Waals surface area contributed by atoms with Gasteiger partial charge >= 0.3 is 0 Å². The van der Waals surface area contributed by atoms with Gasteiger partial charge in [0.25, 0.3) is 0 Å². The Morgan fingerprint density at radius 3 is 2.85 bits per heavy atom. The molecule has 1 heterocycles. The highest BCUT2D eigenvalue weighted by Gasteiger charge is 2.36. The summed E-state index contributed by atoms with van der Waals surface area (Å²) in [5, 5.41) is 0. The van der Waals surface area contributed by atoms with Gasteiger partial charge in [-0.05, 0) is 37.8 Å². The maximum atomic E-state index is 12.4. The topological polar surface area (TPSA) is 44.1 Å². The van der Waals surface area contributed by atoms with Gasteiger partial charge in [0.15, 0.2) is 5.78 Å². The van der Waals surface area contributed by atoms with E-state index in [1.165, 1.54) is 0 Å². The molecule has 3 rings (SSSR count). The van der Waals surface area contributed by atoms with Gasteiger partial charge in [-0.15, -0.1) is 0 Å². The number of benzene rings is 1. The first-order valence-electron chi connectivity index (χ1n) is 7.25. The minimum absolute atomic E-state index is 0.160. The highest BCUT2D eigenvalue weighted by Crippen LogP contribution is 2.35. The van der Waals surface area contributed by atoms with Gasteiger partial charge in [0, 0.05) is 13.7 Å². The fourth-order valence-electron chi connectivity index (χ4n) is 2.68. The van der Waals surface area contributed by atoms with Gasteiger partial charge in [-0.1, -0.05) is 12.1 Å². The SMILES string of the molecule is CCOC(C(=O)Cc1nc2ccccc2n1C)C1CC1. The molecule has 0 aliphatic heterocycles. The van der Waals surface area contributed by atoms with Crippen LogP contribution in [0.4, 0.5) is 0 Å². The van der Waals surface area contributed by atoms with E-state index in [-0.39, 0.29) is 11.9 Å². The molecule has 0 spiro atoms. The molecule has 106 valence electrons. The predicted octanol–water partition coefficient (Wildman–Crippen LogP) is 2.50. The monoisotopic (exact) mass is 272 g/mol. The molecule has 4 nitrogen and oxygen atoms in total. The highest BCUT2D eigenvalue weighted by atomic mass is 16.5. The zero-order valence-corrected chi connectivity index (χ0v) is 12.0. The number of ketones is 1. The second-order valence-electron chi connectivity index (χ2n) is 5.43. The average molecular weight is 272 g/mol. The van der Waals surface area contributed by atoms with E-state index in [2.05, 4.69) is 4.98 Å². The van der Waals surface area contributed by atoms with Crippen molar-refractivity contribution < 1.29 is 9.53 Å². The van der Waals surface area contributed by atoms with E-state index in [4.69, 9.17) is 4.74 Å². The van der Waals surface area contributed by atoms with E-state index in [1.807, 2.05) is 42.8 Å². The van der Waals surface area contributed by atoms with E-state index in [9.17, 15) is 4.79 Å². The Morgan fingerprint density at radius 2 is 2.20 bits per heavy atom. The first-order valence-corrected chi connectivity index (χ1v) is 7.25. The van der Waals surface area contributed by atoms with Gasteiger partial charge in [0.05, 0.1) is 17.5 Å². The zero-order valence-electron chi connectivity index (χ0n) is 12.0. The third kappa shape index (κ3) is 2.48. The number of nitrogens with zero attached hydrogens (tertiary/aromatic N) is 2. The molecule has 1 atom stereocenters. The Morgan fingerprint density at radius 1 is 1.45 bits per heavy atom. The second kappa shape index (κ2) is 5.37. The van der Waals surface area contributed by atoms with Crippen LogP contribution >= 0.6 is 0 Å². The number of hydrogen-bond acceptors (Lipinski definition) is 3. The van der Waals surface area contributed by atoms with Gasteiger partial charge in [0.2, 0.25) is 0 Å². The summed E-state index contributed by atoms with van der Waals surface area (Å²) >= 11 is 0. The Balaban J connectivity index is 1.81. The normalized spacial score (nSPS) is 16.5. The predicted molar refractivity (Wildman–Crippen MR) is 77.6 cm³/mol. The molecule has 1 aromatic heterocycles. The lowest BCUT2D eigenvalue weighted by atomic mass is 10.1. The van der Waals surface area contributed by atoms with Crippen molar-refractivity contribution in [1.29, 1.82) is 0 Å². The van der Waals surface area contributed by atoms with Crippen molar-refractivity contribution in [3.8, 4) is 0 Å². The van der Waals surface area contributed by atoms with Crippen LogP contribution < -0.4 is 0 Å². The fourth-order valence-corrected chi connectivity index (χ4v) is 2.68. The summed E-state index contributed by atoms with van der Waals surface area (Å²) in [6, 6.07) is 7.96. The fraction of sp³-hybridized carbons (Fsp3) is 0.500. The number of hydrogen-bond donors (Lipinski definition) is 0. The number of imidazole rings is 1. The van der Waals surface area contributed by atoms with Crippen molar-refractivity contribution in [2.24, 2.45) is 13.0 Å². The highest BCUT2D eigenvalue weighted by molar-refractivity contribution is 5.86. The summed E-state index contributed by atoms with van der Waals surface area (Å²) in [6.07, 6.45) is 2.34. The quantitative estimate of drug-likeness (QED) is 0.811. The molecule has 0 saturated heterocycles. The molecule has 20 heavy (non-hydrogen) atoms. The number of fused-ring (bicyclic) bond motifs is 1. The number of rotatable bonds is 6. The van der Waals surface area contributed by atoms with Crippen LogP contribution in [0.5, 0.6) is 0 Å². The molecule has 0 amide bonds. The summed E-state index contributed by atoms with van der Waals surface area (Å²) in [7, 11) is 1.96. The molecular formula is C16H20N2O2. The summed E-state index contributed by atoms with van der Waals surface area (Å²) in [6.45, 7) is 2.53. The molecule has 1 saturated carbocycles. The third-order valence-corrected chi connectivity index (χ3v) is 3.93. The first-order chi connectivity index (χ1) is 9.70. The largest absolute Gasteiger partial charge is 0.370 e. The molecule has 1 aromatic carbocycles. The molecule has 2 aromatic rings. The maximum absolute atomic E-state index is 12.4. The van der Waals surface area contributed by atoms with Gasteiger partial charge in [0.1, 0.15) is 11.9 Å². The minimum atomic E-state index is -0.236. The second-order valence-corrected chi connectivity index (χ2v) is 5.43. The summed E-state index contributed by atoms with van der Waals surface area (Å²) < 4.78 is 7.63. The molecule has 1 aliphatic carbocycles. The lowest BCUT2D eigenvalue weighted by molar-refractivity contribution is -0.131. The van der Waals surface area contributed by atoms with Crippen LogP contribution in [-0.2, 0) is 23.0 Å². The summed E-state index contributed by atoms with van der Waals surface area (Å²) in [4.78, 5) is 17.0. The van der Waals surface area contributed by atoms with Crippen LogP contribution in [0, 0.1) is 5.92 Å². The van der Waals surface area contributed by atoms with Crippen molar-refractivity contribution in [2.45, 2.75) is 32.3 Å². The van der Waals surface area contributed by atoms with Crippen molar-refractivity contribution in [3.63, 3.8) is 0 Å². The van der Waals surface area contributed by atoms with Crippen LogP contribution in [-0.4, -0.2) is 28.0 Å². The number of aromatic nitrogens is 2. The number of para-hydroxylation sites is 2. The number of carbonyl (C=O) groups excluding carboxylic acids is 1. The van der Waals surface area contributed by atoms with Crippen LogP contribution in [0.2, 0.25) is 0 Å². The Kier molecular flexibility index (Phi) is 3.57. The van der Waals surface area contributed by atoms with E-state index in [0.717, 1.165) is 29.7 Å². The molecule has 4 heteroatoms. The summed E-state index contributed by atoms with van der Waals surface area (Å²) in [5.74, 6) is 1.41. The molecule has 1 unspecified atom stereocenters. The lowest BCUT2D eigenvalue weighted by Crippen LogP contribution is -2.29. The van der Waals surface area contributed by atoms with Gasteiger partial charge in [-0.2, -0.15) is 0 Å². The lowest BCUT2D eigenvalue weighted by Gasteiger charge is -2.14. The third-order valence-electron chi connectivity index (χ3n) is 3.93. The van der Waals surface area contributed by atoms with Crippen molar-refractivity contribution >= 4 is 16.8 Å². The Bertz CT molecular complexity index is 628. The van der Waals surface area contributed by atoms with Gasteiger partial charge < -0.3 is 9.30 Å². The smallest absolute Gasteiger partial charge is 0.169 e. The van der Waals surface area contributed by atoms with Crippen LogP contribution in [0.25, 0.3) is 11.0 Å². The number of carbonyl (C=O) groups is 1. The standard InChI is InChI=1S/C16H20N2O2/c1-3-20-16(11-8-9-11)14(19)10-15-17-12-6-4-5-7-13(12)18(15)2/h4-7,11,16H,3,8-10H2,1-2H3. The number of Topliss-reactive ketones (excluding diaryl/α,β-unsaturated/α-hetero) is 1. The molecule has 1 aliphatic rings. The molecular weight excluding hydrogens is 252 g/mol. The van der Waals surface area contributed by atoms with Crippen molar-refractivity contribution in [1.82, 2.24) is 9.55 Å². The molecule has 1 fully saturated rings. The first kappa shape index (κ1) is 13.3. The average Bonchev–Trinajstić information content (AvgIpc) is 3.23. The number of aryl methyl sites for hydroxylation is 1. The molecule has 0 bridgehead atoms. The Hall–Kier alpha value is -1.68. The van der Waals surface area contributed by atoms with Crippen LogP contribution in [0.1, 0.15) is 25.6 Å². The molecule has 0 radical (unpaired) electrons. The van der Waals surface area contributed by atoms with Gasteiger partial charge in [-0.25, -0.2) is 4.98 Å². The zero-order chi connectivity index (χ0) is 14.1. The van der Waals surface area contributed by atoms with E-state index in [0.29, 0.717) is 18.9 Å². The van der Waals surface area contributed by atoms with Gasteiger partial charge in [-0.3, -0.25) is 4.79 Å². The van der Waals surface area contributed by atoms with Crippen molar-refractivity contribution in [3.05, 3.63) is 30.1 Å². The van der Waals surface area contributed by atoms with E-state index < -0.39 is 0 Å². The Labute approximate surface area is 118 Å². The van der Waals surface area contributed by atoms with Crippen molar-refractivity contribution in [2.75, 3.05) is 6.61 Å². The number of ether oxygens (including phenoxy) is 1. The van der Waals surface area contributed by atoms with Crippen LogP contribution in [0.3, 0.4) is 0 Å².